The highest BCUT2D eigenvalue weighted by molar-refractivity contribution is 6.65. The monoisotopic (exact) mass is 509 g/mol. The van der Waals surface area contributed by atoms with Gasteiger partial charge in [-0.05, 0) is 56.9 Å². The standard InChI is InChI=1S/C36H36BNO/c1-3-13-31(14-4-1)35-36(39-37(38-35)34-17-5-2-6-18-34,25-27-19-21-29-11-7-9-15-32(29)23-27)26-28-20-22-30-12-8-10-16-33(30)24-28/h2,5-12,15-24,31,35,38H,1,3-4,13-14,25-26H2/t35-/m1/s1. The predicted octanol–water partition coefficient (Wildman–Crippen LogP) is 7.48. The van der Waals surface area contributed by atoms with Gasteiger partial charge in [-0.3, -0.25) is 0 Å². The lowest BCUT2D eigenvalue weighted by molar-refractivity contribution is 0.0418. The van der Waals surface area contributed by atoms with Crippen molar-refractivity contribution in [1.82, 2.24) is 5.23 Å². The molecule has 1 saturated carbocycles. The minimum absolute atomic E-state index is 0.0981. The molecule has 0 spiro atoms. The summed E-state index contributed by atoms with van der Waals surface area (Å²) in [5, 5.41) is 9.25. The second-order valence-electron chi connectivity index (χ2n) is 11.7. The van der Waals surface area contributed by atoms with E-state index in [0.29, 0.717) is 12.0 Å². The van der Waals surface area contributed by atoms with Gasteiger partial charge in [-0.2, -0.15) is 0 Å². The Morgan fingerprint density at radius 3 is 1.74 bits per heavy atom. The number of hydrogen-bond donors (Lipinski definition) is 1. The Hall–Kier alpha value is -3.40. The molecule has 7 rings (SSSR count). The minimum atomic E-state index is -0.340. The van der Waals surface area contributed by atoms with E-state index in [9.17, 15) is 0 Å². The van der Waals surface area contributed by atoms with Gasteiger partial charge in [-0.25, -0.2) is 0 Å². The van der Waals surface area contributed by atoms with E-state index in [-0.39, 0.29) is 12.7 Å². The fourth-order valence-corrected chi connectivity index (χ4v) is 7.24. The molecule has 3 heteroatoms. The molecule has 194 valence electrons. The summed E-state index contributed by atoms with van der Waals surface area (Å²) >= 11 is 0. The first kappa shape index (κ1) is 24.6. The molecule has 0 aromatic heterocycles. The van der Waals surface area contributed by atoms with E-state index in [2.05, 4.69) is 120 Å². The molecule has 0 bridgehead atoms. The summed E-state index contributed by atoms with van der Waals surface area (Å²) in [5.41, 5.74) is 3.58. The highest BCUT2D eigenvalue weighted by Crippen LogP contribution is 2.41. The first-order valence-electron chi connectivity index (χ1n) is 14.7. The van der Waals surface area contributed by atoms with E-state index in [1.54, 1.807) is 0 Å². The molecule has 2 fully saturated rings. The van der Waals surface area contributed by atoms with E-state index in [4.69, 9.17) is 4.65 Å². The van der Waals surface area contributed by atoms with Crippen molar-refractivity contribution < 1.29 is 4.65 Å². The van der Waals surface area contributed by atoms with Gasteiger partial charge in [0, 0.05) is 18.9 Å². The molecule has 2 nitrogen and oxygen atoms in total. The van der Waals surface area contributed by atoms with Crippen molar-refractivity contribution >= 4 is 34.1 Å². The molecule has 0 amide bonds. The maximum atomic E-state index is 7.32. The molecule has 1 aliphatic carbocycles. The summed E-state index contributed by atoms with van der Waals surface area (Å²) in [6.07, 6.45) is 8.33. The van der Waals surface area contributed by atoms with E-state index in [1.807, 2.05) is 0 Å². The molecule has 5 aromatic rings. The molecular formula is C36H36BNO. The fourth-order valence-electron chi connectivity index (χ4n) is 7.24. The Morgan fingerprint density at radius 1 is 0.615 bits per heavy atom. The number of hydrogen-bond acceptors (Lipinski definition) is 2. The molecule has 2 aliphatic rings. The number of nitrogens with one attached hydrogen (secondary N) is 1. The third-order valence-electron chi connectivity index (χ3n) is 9.11. The van der Waals surface area contributed by atoms with E-state index >= 15 is 0 Å². The summed E-state index contributed by atoms with van der Waals surface area (Å²) in [6.45, 7) is 0. The van der Waals surface area contributed by atoms with Crippen LogP contribution in [0.1, 0.15) is 43.2 Å². The number of benzene rings is 5. The predicted molar refractivity (Wildman–Crippen MR) is 164 cm³/mol. The highest BCUT2D eigenvalue weighted by Gasteiger charge is 2.53. The lowest BCUT2D eigenvalue weighted by Crippen LogP contribution is -2.52. The molecular weight excluding hydrogens is 473 g/mol. The Bertz CT molecular complexity index is 1490. The third-order valence-corrected chi connectivity index (χ3v) is 9.11. The van der Waals surface area contributed by atoms with Crippen molar-refractivity contribution in [3.63, 3.8) is 0 Å². The van der Waals surface area contributed by atoms with Crippen LogP contribution in [0.25, 0.3) is 21.5 Å². The van der Waals surface area contributed by atoms with Crippen molar-refractivity contribution in [1.29, 1.82) is 0 Å². The van der Waals surface area contributed by atoms with Crippen molar-refractivity contribution in [3.8, 4) is 0 Å². The van der Waals surface area contributed by atoms with Crippen molar-refractivity contribution in [2.24, 2.45) is 5.92 Å². The maximum absolute atomic E-state index is 7.32. The zero-order chi connectivity index (χ0) is 26.1. The van der Waals surface area contributed by atoms with E-state index in [1.165, 1.54) is 70.2 Å². The average molecular weight is 510 g/mol. The minimum Gasteiger partial charge on any atom is -0.410 e. The second-order valence-corrected chi connectivity index (χ2v) is 11.7. The summed E-state index contributed by atoms with van der Waals surface area (Å²) in [6, 6.07) is 42.4. The van der Waals surface area contributed by atoms with Gasteiger partial charge in [-0.1, -0.05) is 135 Å². The van der Waals surface area contributed by atoms with Crippen LogP contribution in [0, 0.1) is 5.92 Å². The molecule has 0 unspecified atom stereocenters. The smallest absolute Gasteiger partial charge is 0.410 e. The molecule has 39 heavy (non-hydrogen) atoms. The van der Waals surface area contributed by atoms with Crippen LogP contribution in [0.4, 0.5) is 0 Å². The van der Waals surface area contributed by atoms with Crippen LogP contribution >= 0.6 is 0 Å². The molecule has 1 saturated heterocycles. The third kappa shape index (κ3) is 5.02. The van der Waals surface area contributed by atoms with Crippen LogP contribution in [-0.4, -0.2) is 18.7 Å². The van der Waals surface area contributed by atoms with Crippen molar-refractivity contribution in [2.45, 2.75) is 56.6 Å². The molecule has 1 atom stereocenters. The van der Waals surface area contributed by atoms with Crippen LogP contribution < -0.4 is 10.7 Å². The SMILES string of the molecule is c1ccc(B2N[C@H](C3CCCCC3)C(Cc3ccc4ccccc4c3)(Cc3ccc4ccccc4c3)O2)cc1. The summed E-state index contributed by atoms with van der Waals surface area (Å²) < 4.78 is 7.32. The van der Waals surface area contributed by atoms with Crippen LogP contribution in [0.2, 0.25) is 0 Å². The van der Waals surface area contributed by atoms with E-state index < -0.39 is 0 Å². The normalized spacial score (nSPS) is 19.6. The summed E-state index contributed by atoms with van der Waals surface area (Å²) in [4.78, 5) is 0. The molecule has 1 heterocycles. The van der Waals surface area contributed by atoms with Crippen molar-refractivity contribution in [2.75, 3.05) is 0 Å². The zero-order valence-corrected chi connectivity index (χ0v) is 22.6. The van der Waals surface area contributed by atoms with Gasteiger partial charge >= 0.3 is 7.05 Å². The summed E-state index contributed by atoms with van der Waals surface area (Å²) in [5.74, 6) is 0.619. The van der Waals surface area contributed by atoms with Crippen LogP contribution in [-0.2, 0) is 17.5 Å². The first-order chi connectivity index (χ1) is 19.3. The van der Waals surface area contributed by atoms with Crippen LogP contribution in [0.5, 0.6) is 0 Å². The van der Waals surface area contributed by atoms with Gasteiger partial charge in [0.05, 0.1) is 5.60 Å². The number of rotatable bonds is 6. The maximum Gasteiger partial charge on any atom is 0.416 e. The average Bonchev–Trinajstić information content (AvgIpc) is 3.36. The van der Waals surface area contributed by atoms with E-state index in [0.717, 1.165) is 12.8 Å². The Labute approximate surface area is 232 Å². The second kappa shape index (κ2) is 10.6. The van der Waals surface area contributed by atoms with Crippen LogP contribution in [0.15, 0.2) is 115 Å². The quantitative estimate of drug-likeness (QED) is 0.240. The zero-order valence-electron chi connectivity index (χ0n) is 22.6. The lowest BCUT2D eigenvalue weighted by atomic mass is 9.71. The lowest BCUT2D eigenvalue weighted by Gasteiger charge is -2.41. The highest BCUT2D eigenvalue weighted by atomic mass is 16.5. The molecule has 1 N–H and O–H groups in total. The molecule has 1 aliphatic heterocycles. The number of fused-ring (bicyclic) bond motifs is 2. The topological polar surface area (TPSA) is 21.3 Å². The Balaban J connectivity index is 1.33. The van der Waals surface area contributed by atoms with Crippen LogP contribution in [0.3, 0.4) is 0 Å². The van der Waals surface area contributed by atoms with Gasteiger partial charge in [0.1, 0.15) is 0 Å². The Kier molecular flexibility index (Phi) is 6.72. The van der Waals surface area contributed by atoms with Gasteiger partial charge in [0.15, 0.2) is 0 Å². The van der Waals surface area contributed by atoms with Gasteiger partial charge in [0.25, 0.3) is 0 Å². The molecule has 0 radical (unpaired) electrons. The van der Waals surface area contributed by atoms with Crippen molar-refractivity contribution in [3.05, 3.63) is 126 Å². The summed E-state index contributed by atoms with van der Waals surface area (Å²) in [7, 11) is -0.0981. The molecule has 5 aromatic carbocycles. The Morgan fingerprint density at radius 2 is 1.15 bits per heavy atom. The van der Waals surface area contributed by atoms with Gasteiger partial charge in [-0.15, -0.1) is 0 Å². The van der Waals surface area contributed by atoms with Gasteiger partial charge in [0.2, 0.25) is 0 Å². The first-order valence-corrected chi connectivity index (χ1v) is 14.7. The fraction of sp³-hybridized carbons (Fsp3) is 0.278. The van der Waals surface area contributed by atoms with Gasteiger partial charge < -0.3 is 9.88 Å². The largest absolute Gasteiger partial charge is 0.416 e.